The third-order valence-corrected chi connectivity index (χ3v) is 1.42. The highest BCUT2D eigenvalue weighted by Crippen LogP contribution is 1.91. The smallest absolute Gasteiger partial charge is 0.223 e. The van der Waals surface area contributed by atoms with Gasteiger partial charge in [-0.2, -0.15) is 0 Å². The van der Waals surface area contributed by atoms with Gasteiger partial charge in [0.05, 0.1) is 5.66 Å². The van der Waals surface area contributed by atoms with Gasteiger partial charge in [0.25, 0.3) is 0 Å². The number of nitrogens with one attached hydrogen (secondary N) is 1. The lowest BCUT2D eigenvalue weighted by Crippen LogP contribution is -2.48. The zero-order valence-electron chi connectivity index (χ0n) is 8.35. The second-order valence-electron chi connectivity index (χ2n) is 3.69. The van der Waals surface area contributed by atoms with Crippen LogP contribution in [0.15, 0.2) is 0 Å². The number of nitrogens with zero attached hydrogens (tertiary/aromatic N) is 1. The highest BCUT2D eigenvalue weighted by atomic mass is 16.2. The monoisotopic (exact) mass is 173 g/mol. The Balaban J connectivity index is 3.51. The molecule has 1 amide bonds. The van der Waals surface area contributed by atoms with Gasteiger partial charge in [-0.25, -0.2) is 0 Å². The SMILES string of the molecule is CN(C)C(=O)CCNC(C)(C)N. The van der Waals surface area contributed by atoms with Crippen LogP contribution >= 0.6 is 0 Å². The first-order chi connectivity index (χ1) is 5.33. The zero-order valence-corrected chi connectivity index (χ0v) is 8.35. The van der Waals surface area contributed by atoms with E-state index in [9.17, 15) is 4.79 Å². The number of amides is 1. The van der Waals surface area contributed by atoms with Gasteiger partial charge in [0.1, 0.15) is 0 Å². The molecule has 0 saturated carbocycles. The highest BCUT2D eigenvalue weighted by Gasteiger charge is 2.10. The lowest BCUT2D eigenvalue weighted by molar-refractivity contribution is -0.128. The number of hydrogen-bond donors (Lipinski definition) is 2. The van der Waals surface area contributed by atoms with Crippen molar-refractivity contribution in [2.45, 2.75) is 25.9 Å². The van der Waals surface area contributed by atoms with Gasteiger partial charge in [-0.1, -0.05) is 0 Å². The van der Waals surface area contributed by atoms with Crippen LogP contribution in [0.1, 0.15) is 20.3 Å². The summed E-state index contributed by atoms with van der Waals surface area (Å²) in [4.78, 5) is 12.6. The number of hydrogen-bond acceptors (Lipinski definition) is 3. The third-order valence-electron chi connectivity index (χ3n) is 1.42. The van der Waals surface area contributed by atoms with Crippen molar-refractivity contribution in [3.8, 4) is 0 Å². The Bertz CT molecular complexity index is 149. The maximum absolute atomic E-state index is 11.1. The van der Waals surface area contributed by atoms with Crippen LogP contribution in [0.2, 0.25) is 0 Å². The molecule has 0 radical (unpaired) electrons. The maximum Gasteiger partial charge on any atom is 0.223 e. The predicted octanol–water partition coefficient (Wildman–Crippen LogP) is -0.251. The Kier molecular flexibility index (Phi) is 4.20. The normalized spacial score (nSPS) is 11.4. The molecule has 0 aliphatic heterocycles. The summed E-state index contributed by atoms with van der Waals surface area (Å²) < 4.78 is 0. The minimum absolute atomic E-state index is 0.117. The fourth-order valence-electron chi connectivity index (χ4n) is 0.715. The molecule has 3 N–H and O–H groups in total. The second kappa shape index (κ2) is 4.42. The molecule has 0 aromatic rings. The van der Waals surface area contributed by atoms with E-state index in [1.807, 2.05) is 13.8 Å². The predicted molar refractivity (Wildman–Crippen MR) is 49.6 cm³/mol. The molecule has 0 fully saturated rings. The van der Waals surface area contributed by atoms with E-state index >= 15 is 0 Å². The summed E-state index contributed by atoms with van der Waals surface area (Å²) >= 11 is 0. The van der Waals surface area contributed by atoms with Crippen LogP contribution in [-0.4, -0.2) is 37.1 Å². The first-order valence-corrected chi connectivity index (χ1v) is 4.07. The Morgan fingerprint density at radius 1 is 1.50 bits per heavy atom. The molecule has 0 aliphatic carbocycles. The zero-order chi connectivity index (χ0) is 9.78. The molecule has 0 heterocycles. The molecular weight excluding hydrogens is 154 g/mol. The minimum atomic E-state index is -0.396. The van der Waals surface area contributed by atoms with Gasteiger partial charge in [-0.15, -0.1) is 0 Å². The van der Waals surface area contributed by atoms with Gasteiger partial charge in [0, 0.05) is 27.1 Å². The van der Waals surface area contributed by atoms with E-state index in [1.165, 1.54) is 0 Å². The van der Waals surface area contributed by atoms with Gasteiger partial charge in [-0.3, -0.25) is 10.1 Å². The van der Waals surface area contributed by atoms with Crippen molar-refractivity contribution in [1.82, 2.24) is 10.2 Å². The van der Waals surface area contributed by atoms with Crippen LogP contribution < -0.4 is 11.1 Å². The lowest BCUT2D eigenvalue weighted by Gasteiger charge is -2.20. The maximum atomic E-state index is 11.1. The molecule has 0 saturated heterocycles. The molecular formula is C8H19N3O. The first-order valence-electron chi connectivity index (χ1n) is 4.07. The molecule has 0 atom stereocenters. The molecule has 0 spiro atoms. The van der Waals surface area contributed by atoms with Crippen molar-refractivity contribution in [3.63, 3.8) is 0 Å². The molecule has 4 nitrogen and oxygen atoms in total. The van der Waals surface area contributed by atoms with Crippen LogP contribution in [-0.2, 0) is 4.79 Å². The van der Waals surface area contributed by atoms with Gasteiger partial charge in [0.15, 0.2) is 0 Å². The average Bonchev–Trinajstić information content (AvgIpc) is 1.84. The fourth-order valence-corrected chi connectivity index (χ4v) is 0.715. The summed E-state index contributed by atoms with van der Waals surface area (Å²) in [5.41, 5.74) is 5.27. The Hall–Kier alpha value is -0.610. The summed E-state index contributed by atoms with van der Waals surface area (Å²) in [7, 11) is 3.49. The van der Waals surface area contributed by atoms with Crippen molar-refractivity contribution >= 4 is 5.91 Å². The van der Waals surface area contributed by atoms with Crippen molar-refractivity contribution in [1.29, 1.82) is 0 Å². The number of carbonyl (C=O) groups is 1. The molecule has 72 valence electrons. The molecule has 4 heteroatoms. The minimum Gasteiger partial charge on any atom is -0.349 e. The van der Waals surface area contributed by atoms with Crippen LogP contribution in [0.5, 0.6) is 0 Å². The van der Waals surface area contributed by atoms with Gasteiger partial charge >= 0.3 is 0 Å². The molecule has 0 aromatic carbocycles. The highest BCUT2D eigenvalue weighted by molar-refractivity contribution is 5.75. The van der Waals surface area contributed by atoms with Crippen LogP contribution in [0.4, 0.5) is 0 Å². The molecule has 12 heavy (non-hydrogen) atoms. The number of rotatable bonds is 4. The molecule has 0 rings (SSSR count). The fraction of sp³-hybridized carbons (Fsp3) is 0.875. The van der Waals surface area contributed by atoms with Crippen molar-refractivity contribution in [2.24, 2.45) is 5.73 Å². The number of carbonyl (C=O) groups excluding carboxylic acids is 1. The van der Waals surface area contributed by atoms with E-state index in [2.05, 4.69) is 5.32 Å². The summed E-state index contributed by atoms with van der Waals surface area (Å²) in [5.74, 6) is 0.117. The summed E-state index contributed by atoms with van der Waals surface area (Å²) in [6.45, 7) is 4.36. The van der Waals surface area contributed by atoms with Crippen molar-refractivity contribution in [3.05, 3.63) is 0 Å². The molecule has 0 unspecified atom stereocenters. The lowest BCUT2D eigenvalue weighted by atomic mass is 10.2. The van der Waals surface area contributed by atoms with Crippen molar-refractivity contribution in [2.75, 3.05) is 20.6 Å². The largest absolute Gasteiger partial charge is 0.349 e. The van der Waals surface area contributed by atoms with Crippen LogP contribution in [0, 0.1) is 0 Å². The van der Waals surface area contributed by atoms with E-state index in [-0.39, 0.29) is 5.91 Å². The Morgan fingerprint density at radius 3 is 2.33 bits per heavy atom. The van der Waals surface area contributed by atoms with E-state index in [4.69, 9.17) is 5.73 Å². The molecule has 0 aliphatic rings. The summed E-state index contributed by atoms with van der Waals surface area (Å²) in [5, 5.41) is 3.04. The van der Waals surface area contributed by atoms with Crippen LogP contribution in [0.25, 0.3) is 0 Å². The van der Waals surface area contributed by atoms with Gasteiger partial charge < -0.3 is 10.6 Å². The van der Waals surface area contributed by atoms with Crippen molar-refractivity contribution < 1.29 is 4.79 Å². The van der Waals surface area contributed by atoms with Crippen LogP contribution in [0.3, 0.4) is 0 Å². The Labute approximate surface area is 74.1 Å². The standard InChI is InChI=1S/C8H19N3O/c1-8(2,9)10-6-5-7(12)11(3)4/h10H,5-6,9H2,1-4H3. The van der Waals surface area contributed by atoms with E-state index in [0.717, 1.165) is 0 Å². The van der Waals surface area contributed by atoms with E-state index < -0.39 is 5.66 Å². The quantitative estimate of drug-likeness (QED) is 0.576. The van der Waals surface area contributed by atoms with E-state index in [1.54, 1.807) is 19.0 Å². The second-order valence-corrected chi connectivity index (χ2v) is 3.69. The molecule has 0 bridgehead atoms. The first kappa shape index (κ1) is 11.4. The van der Waals surface area contributed by atoms with E-state index in [0.29, 0.717) is 13.0 Å². The third kappa shape index (κ3) is 6.12. The topological polar surface area (TPSA) is 58.4 Å². The van der Waals surface area contributed by atoms with Gasteiger partial charge in [0.2, 0.25) is 5.91 Å². The van der Waals surface area contributed by atoms with Gasteiger partial charge in [-0.05, 0) is 13.8 Å². The summed E-state index contributed by atoms with van der Waals surface area (Å²) in [6.07, 6.45) is 0.494. The summed E-state index contributed by atoms with van der Waals surface area (Å²) in [6, 6.07) is 0. The average molecular weight is 173 g/mol. The molecule has 0 aromatic heterocycles. The number of nitrogens with two attached hydrogens (primary N) is 1. The Morgan fingerprint density at radius 2 is 2.00 bits per heavy atom.